The molecule has 0 amide bonds. The molecule has 1 aromatic heterocycles. The Bertz CT molecular complexity index is 1800. The van der Waals surface area contributed by atoms with Crippen LogP contribution in [0, 0.1) is 0 Å². The van der Waals surface area contributed by atoms with Gasteiger partial charge < -0.3 is 9.47 Å². The first-order valence-corrected chi connectivity index (χ1v) is 14.7. The Hall–Kier alpha value is -3.94. The largest absolute Gasteiger partial charge is 0.489 e. The molecule has 6 nitrogen and oxygen atoms in total. The quantitative estimate of drug-likeness (QED) is 0.232. The molecule has 8 heteroatoms. The highest BCUT2D eigenvalue weighted by Gasteiger charge is 2.33. The number of hydrogen-bond acceptors (Lipinski definition) is 6. The number of carbonyl (C=O) groups is 1. The zero-order valence-corrected chi connectivity index (χ0v) is 25.0. The summed E-state index contributed by atoms with van der Waals surface area (Å²) in [6, 6.07) is 22.5. The Morgan fingerprint density at radius 3 is 2.56 bits per heavy atom. The second-order valence-corrected chi connectivity index (χ2v) is 11.5. The van der Waals surface area contributed by atoms with E-state index in [4.69, 9.17) is 21.1 Å². The molecule has 0 saturated heterocycles. The van der Waals surface area contributed by atoms with E-state index in [-0.39, 0.29) is 12.2 Å². The van der Waals surface area contributed by atoms with Crippen molar-refractivity contribution in [1.29, 1.82) is 0 Å². The lowest BCUT2D eigenvalue weighted by atomic mass is 9.93. The van der Waals surface area contributed by atoms with Gasteiger partial charge in [-0.15, -0.1) is 0 Å². The first-order chi connectivity index (χ1) is 19.8. The highest BCUT2D eigenvalue weighted by atomic mass is 35.5. The summed E-state index contributed by atoms with van der Waals surface area (Å²) in [6.45, 7) is 8.37. The van der Waals surface area contributed by atoms with Crippen LogP contribution in [0.25, 0.3) is 6.08 Å². The Kier molecular flexibility index (Phi) is 8.57. The van der Waals surface area contributed by atoms with Crippen molar-refractivity contribution < 1.29 is 14.3 Å². The second-order valence-electron chi connectivity index (χ2n) is 10.1. The van der Waals surface area contributed by atoms with Gasteiger partial charge in [0.1, 0.15) is 12.4 Å². The van der Waals surface area contributed by atoms with Crippen molar-refractivity contribution in [2.24, 2.45) is 4.99 Å². The molecular weight excluding hydrogens is 556 g/mol. The molecule has 1 atom stereocenters. The summed E-state index contributed by atoms with van der Waals surface area (Å²) < 4.78 is 13.5. The summed E-state index contributed by atoms with van der Waals surface area (Å²) in [4.78, 5) is 32.2. The number of esters is 1. The predicted octanol–water partition coefficient (Wildman–Crippen LogP) is 6.15. The molecule has 0 bridgehead atoms. The number of benzene rings is 3. The molecule has 0 radical (unpaired) electrons. The summed E-state index contributed by atoms with van der Waals surface area (Å²) in [5.74, 6) is 0.552. The molecule has 0 aliphatic carbocycles. The predicted molar refractivity (Wildman–Crippen MR) is 163 cm³/mol. The number of allylic oxidation sites excluding steroid dienone is 1. The molecule has 1 aliphatic rings. The highest BCUT2D eigenvalue weighted by Crippen LogP contribution is 2.31. The van der Waals surface area contributed by atoms with Gasteiger partial charge in [-0.3, -0.25) is 9.36 Å². The maximum atomic E-state index is 13.9. The van der Waals surface area contributed by atoms with Crippen molar-refractivity contribution in [3.8, 4) is 5.75 Å². The highest BCUT2D eigenvalue weighted by molar-refractivity contribution is 7.07. The SMILES string of the molecule is CCOC(=O)C1=C(C)N=c2s/c(=C\c3cccc(OCc4ccccc4Cl)c3)c(=O)n2[C@@H]1c1ccc(C(C)C)cc1. The minimum absolute atomic E-state index is 0.219. The zero-order valence-electron chi connectivity index (χ0n) is 23.4. The molecule has 2 heterocycles. The van der Waals surface area contributed by atoms with Gasteiger partial charge in [0.25, 0.3) is 5.56 Å². The van der Waals surface area contributed by atoms with Gasteiger partial charge in [0.15, 0.2) is 4.80 Å². The van der Waals surface area contributed by atoms with Crippen molar-refractivity contribution in [1.82, 2.24) is 4.57 Å². The molecule has 0 N–H and O–H groups in total. The van der Waals surface area contributed by atoms with E-state index >= 15 is 0 Å². The second kappa shape index (κ2) is 12.3. The van der Waals surface area contributed by atoms with Crippen LogP contribution in [0.15, 0.2) is 93.9 Å². The molecule has 4 aromatic rings. The summed E-state index contributed by atoms with van der Waals surface area (Å²) in [5.41, 5.74) is 4.41. The van der Waals surface area contributed by atoms with Gasteiger partial charge in [-0.2, -0.15) is 0 Å². The number of rotatable bonds is 8. The Balaban J connectivity index is 1.55. The van der Waals surface area contributed by atoms with E-state index in [0.29, 0.717) is 43.9 Å². The van der Waals surface area contributed by atoms with Gasteiger partial charge in [0.05, 0.1) is 28.5 Å². The molecule has 0 unspecified atom stereocenters. The van der Waals surface area contributed by atoms with Crippen molar-refractivity contribution in [3.63, 3.8) is 0 Å². The van der Waals surface area contributed by atoms with Crippen LogP contribution < -0.4 is 19.6 Å². The molecule has 0 spiro atoms. The lowest BCUT2D eigenvalue weighted by molar-refractivity contribution is -0.139. The van der Waals surface area contributed by atoms with Crippen LogP contribution in [0.2, 0.25) is 5.02 Å². The van der Waals surface area contributed by atoms with Gasteiger partial charge in [-0.25, -0.2) is 9.79 Å². The van der Waals surface area contributed by atoms with Crippen LogP contribution >= 0.6 is 22.9 Å². The normalized spacial score (nSPS) is 15.1. The van der Waals surface area contributed by atoms with Crippen molar-refractivity contribution in [2.45, 2.75) is 46.3 Å². The van der Waals surface area contributed by atoms with Gasteiger partial charge in [0, 0.05) is 10.6 Å². The Morgan fingerprint density at radius 2 is 1.85 bits per heavy atom. The number of nitrogens with zero attached hydrogens (tertiary/aromatic N) is 2. The Labute approximate surface area is 247 Å². The lowest BCUT2D eigenvalue weighted by Gasteiger charge is -2.25. The number of hydrogen-bond donors (Lipinski definition) is 0. The third kappa shape index (κ3) is 6.06. The fourth-order valence-electron chi connectivity index (χ4n) is 4.79. The molecular formula is C33H31ClN2O4S. The van der Waals surface area contributed by atoms with Crippen LogP contribution in [0.1, 0.15) is 61.9 Å². The summed E-state index contributed by atoms with van der Waals surface area (Å²) in [7, 11) is 0. The molecule has 210 valence electrons. The lowest BCUT2D eigenvalue weighted by Crippen LogP contribution is -2.39. The van der Waals surface area contributed by atoms with E-state index in [1.807, 2.05) is 78.9 Å². The van der Waals surface area contributed by atoms with Gasteiger partial charge in [-0.1, -0.05) is 91.4 Å². The molecule has 41 heavy (non-hydrogen) atoms. The molecule has 0 fully saturated rings. The number of fused-ring (bicyclic) bond motifs is 1. The topological polar surface area (TPSA) is 69.9 Å². The minimum atomic E-state index is -0.640. The van der Waals surface area contributed by atoms with Crippen LogP contribution in [-0.2, 0) is 16.1 Å². The zero-order chi connectivity index (χ0) is 29.1. The maximum absolute atomic E-state index is 13.9. The fourth-order valence-corrected chi connectivity index (χ4v) is 6.03. The van der Waals surface area contributed by atoms with Crippen molar-refractivity contribution in [3.05, 3.63) is 131 Å². The van der Waals surface area contributed by atoms with E-state index in [1.165, 1.54) is 16.9 Å². The van der Waals surface area contributed by atoms with E-state index < -0.39 is 12.0 Å². The average molecular weight is 587 g/mol. The minimum Gasteiger partial charge on any atom is -0.489 e. The third-order valence-electron chi connectivity index (χ3n) is 6.94. The Morgan fingerprint density at radius 1 is 1.10 bits per heavy atom. The van der Waals surface area contributed by atoms with E-state index in [1.54, 1.807) is 18.4 Å². The smallest absolute Gasteiger partial charge is 0.338 e. The van der Waals surface area contributed by atoms with Gasteiger partial charge in [-0.05, 0) is 60.7 Å². The summed E-state index contributed by atoms with van der Waals surface area (Å²) in [6.07, 6.45) is 1.83. The summed E-state index contributed by atoms with van der Waals surface area (Å²) in [5, 5.41) is 0.649. The van der Waals surface area contributed by atoms with Gasteiger partial charge in [0.2, 0.25) is 0 Å². The van der Waals surface area contributed by atoms with Gasteiger partial charge >= 0.3 is 5.97 Å². The van der Waals surface area contributed by atoms with Crippen molar-refractivity contribution >= 4 is 35.0 Å². The molecule has 1 aliphatic heterocycles. The summed E-state index contributed by atoms with van der Waals surface area (Å²) >= 11 is 7.56. The third-order valence-corrected chi connectivity index (χ3v) is 8.30. The monoisotopic (exact) mass is 586 g/mol. The number of aromatic nitrogens is 1. The van der Waals surface area contributed by atoms with E-state index in [2.05, 4.69) is 18.8 Å². The van der Waals surface area contributed by atoms with E-state index in [9.17, 15) is 9.59 Å². The molecule has 5 rings (SSSR count). The van der Waals surface area contributed by atoms with Crippen LogP contribution in [0.3, 0.4) is 0 Å². The van der Waals surface area contributed by atoms with Crippen molar-refractivity contribution in [2.75, 3.05) is 6.61 Å². The first-order valence-electron chi connectivity index (χ1n) is 13.5. The first kappa shape index (κ1) is 28.6. The number of thiazole rings is 1. The molecule has 3 aromatic carbocycles. The average Bonchev–Trinajstić information content (AvgIpc) is 3.26. The van der Waals surface area contributed by atoms with Crippen LogP contribution in [0.4, 0.5) is 0 Å². The number of halogens is 1. The maximum Gasteiger partial charge on any atom is 0.338 e. The van der Waals surface area contributed by atoms with Crippen LogP contribution in [0.5, 0.6) is 5.75 Å². The fraction of sp³-hybridized carbons (Fsp3) is 0.242. The van der Waals surface area contributed by atoms with E-state index in [0.717, 1.165) is 16.7 Å². The van der Waals surface area contributed by atoms with Crippen LogP contribution in [-0.4, -0.2) is 17.1 Å². The molecule has 0 saturated carbocycles. The number of ether oxygens (including phenoxy) is 2. The standard InChI is InChI=1S/C33H31ClN2O4S/c1-5-39-32(38)29-21(4)35-33-36(30(29)24-15-13-23(14-16-24)20(2)3)31(37)28(41-33)18-22-9-8-11-26(17-22)40-19-25-10-6-7-12-27(25)34/h6-18,20,30H,5,19H2,1-4H3/b28-18-/t30-/m1/s1. The number of carbonyl (C=O) groups excluding carboxylic acids is 1.